The molecule has 0 amide bonds. The summed E-state index contributed by atoms with van der Waals surface area (Å²) < 4.78 is 1.63. The SMILES string of the molecule is CC[C@@H](C)c1ccc(C(=O)CSc2nc3ccccc3c(=O)n2CC)cc1. The summed E-state index contributed by atoms with van der Waals surface area (Å²) in [4.78, 5) is 29.8. The number of benzene rings is 2. The van der Waals surface area contributed by atoms with Crippen LogP contribution in [0.1, 0.15) is 49.0 Å². The second-order valence-electron chi connectivity index (χ2n) is 6.60. The standard InChI is InChI=1S/C22H24N2O2S/c1-4-15(3)16-10-12-17(13-11-16)20(25)14-27-22-23-19-9-7-6-8-18(19)21(26)24(22)5-2/h6-13,15H,4-5,14H2,1-3H3/t15-/m1/s1. The smallest absolute Gasteiger partial charge is 0.262 e. The second kappa shape index (κ2) is 8.53. The number of para-hydroxylation sites is 1. The van der Waals surface area contributed by atoms with E-state index in [1.165, 1.54) is 17.3 Å². The molecule has 0 saturated heterocycles. The van der Waals surface area contributed by atoms with Gasteiger partial charge in [0, 0.05) is 12.1 Å². The molecule has 2 aromatic carbocycles. The van der Waals surface area contributed by atoms with Crippen molar-refractivity contribution < 1.29 is 4.79 Å². The van der Waals surface area contributed by atoms with Crippen molar-refractivity contribution in [2.75, 3.05) is 5.75 Å². The zero-order chi connectivity index (χ0) is 19.4. The molecule has 1 aromatic heterocycles. The van der Waals surface area contributed by atoms with Gasteiger partial charge in [-0.05, 0) is 37.0 Å². The fourth-order valence-electron chi connectivity index (χ4n) is 2.98. The van der Waals surface area contributed by atoms with E-state index in [0.717, 1.165) is 6.42 Å². The Balaban J connectivity index is 1.80. The van der Waals surface area contributed by atoms with Gasteiger partial charge in [0.1, 0.15) is 0 Å². The number of hydrogen-bond donors (Lipinski definition) is 0. The van der Waals surface area contributed by atoms with Crippen LogP contribution in [-0.2, 0) is 6.54 Å². The number of carbonyl (C=O) groups is 1. The predicted octanol–water partition coefficient (Wildman–Crippen LogP) is 4.90. The van der Waals surface area contributed by atoms with Crippen LogP contribution in [0.5, 0.6) is 0 Å². The van der Waals surface area contributed by atoms with Crippen LogP contribution in [0.4, 0.5) is 0 Å². The maximum atomic E-state index is 12.6. The molecule has 0 N–H and O–H groups in total. The first-order chi connectivity index (χ1) is 13.0. The lowest BCUT2D eigenvalue weighted by Crippen LogP contribution is -2.22. The molecule has 1 atom stereocenters. The van der Waals surface area contributed by atoms with Gasteiger partial charge in [0.05, 0.1) is 16.7 Å². The first-order valence-corrected chi connectivity index (χ1v) is 10.3. The fraction of sp³-hybridized carbons (Fsp3) is 0.318. The van der Waals surface area contributed by atoms with Crippen molar-refractivity contribution in [3.63, 3.8) is 0 Å². The molecule has 4 nitrogen and oxygen atoms in total. The number of hydrogen-bond acceptors (Lipinski definition) is 4. The van der Waals surface area contributed by atoms with E-state index < -0.39 is 0 Å². The Labute approximate surface area is 163 Å². The Morgan fingerprint density at radius 3 is 2.48 bits per heavy atom. The number of rotatable bonds is 7. The van der Waals surface area contributed by atoms with Crippen LogP contribution in [0.2, 0.25) is 0 Å². The topological polar surface area (TPSA) is 52.0 Å². The predicted molar refractivity (Wildman–Crippen MR) is 112 cm³/mol. The number of aromatic nitrogens is 2. The number of thioether (sulfide) groups is 1. The minimum Gasteiger partial charge on any atom is -0.293 e. The van der Waals surface area contributed by atoms with E-state index in [1.807, 2.05) is 49.4 Å². The third-order valence-corrected chi connectivity index (χ3v) is 5.87. The molecule has 0 unspecified atom stereocenters. The molecule has 3 rings (SSSR count). The van der Waals surface area contributed by atoms with Crippen LogP contribution >= 0.6 is 11.8 Å². The Morgan fingerprint density at radius 2 is 1.81 bits per heavy atom. The van der Waals surface area contributed by atoms with Crippen LogP contribution < -0.4 is 5.56 Å². The molecule has 0 fully saturated rings. The third kappa shape index (κ3) is 4.14. The van der Waals surface area contributed by atoms with Crippen LogP contribution in [0.15, 0.2) is 58.5 Å². The number of carbonyl (C=O) groups excluding carboxylic acids is 1. The van der Waals surface area contributed by atoms with Crippen molar-refractivity contribution in [1.29, 1.82) is 0 Å². The quantitative estimate of drug-likeness (QED) is 0.332. The highest BCUT2D eigenvalue weighted by atomic mass is 32.2. The maximum Gasteiger partial charge on any atom is 0.262 e. The minimum absolute atomic E-state index is 0.0424. The largest absolute Gasteiger partial charge is 0.293 e. The van der Waals surface area contributed by atoms with Gasteiger partial charge in [-0.3, -0.25) is 14.2 Å². The van der Waals surface area contributed by atoms with Gasteiger partial charge in [0.2, 0.25) is 0 Å². The van der Waals surface area contributed by atoms with Gasteiger partial charge in [-0.25, -0.2) is 4.98 Å². The molecule has 0 radical (unpaired) electrons. The van der Waals surface area contributed by atoms with Crippen molar-refractivity contribution in [3.05, 3.63) is 70.0 Å². The van der Waals surface area contributed by atoms with Crippen molar-refractivity contribution in [2.45, 2.75) is 44.8 Å². The zero-order valence-electron chi connectivity index (χ0n) is 15.9. The Kier molecular flexibility index (Phi) is 6.11. The van der Waals surface area contributed by atoms with Crippen molar-refractivity contribution >= 4 is 28.4 Å². The van der Waals surface area contributed by atoms with Gasteiger partial charge in [0.15, 0.2) is 10.9 Å². The van der Waals surface area contributed by atoms with E-state index in [1.54, 1.807) is 10.6 Å². The minimum atomic E-state index is -0.0593. The molecule has 27 heavy (non-hydrogen) atoms. The normalized spacial score (nSPS) is 12.3. The van der Waals surface area contributed by atoms with Crippen molar-refractivity contribution in [2.24, 2.45) is 0 Å². The van der Waals surface area contributed by atoms with Gasteiger partial charge in [0.25, 0.3) is 5.56 Å². The maximum absolute atomic E-state index is 12.6. The van der Waals surface area contributed by atoms with Crippen LogP contribution in [0.3, 0.4) is 0 Å². The summed E-state index contributed by atoms with van der Waals surface area (Å²) >= 11 is 1.32. The number of fused-ring (bicyclic) bond motifs is 1. The highest BCUT2D eigenvalue weighted by Crippen LogP contribution is 2.21. The number of ketones is 1. The zero-order valence-corrected chi connectivity index (χ0v) is 16.8. The van der Waals surface area contributed by atoms with Gasteiger partial charge in [-0.15, -0.1) is 0 Å². The average molecular weight is 381 g/mol. The molecular weight excluding hydrogens is 356 g/mol. The summed E-state index contributed by atoms with van der Waals surface area (Å²) in [7, 11) is 0. The second-order valence-corrected chi connectivity index (χ2v) is 7.55. The highest BCUT2D eigenvalue weighted by molar-refractivity contribution is 7.99. The highest BCUT2D eigenvalue weighted by Gasteiger charge is 2.13. The molecule has 0 saturated carbocycles. The first kappa shape index (κ1) is 19.4. The summed E-state index contributed by atoms with van der Waals surface area (Å²) in [5, 5.41) is 1.20. The summed E-state index contributed by atoms with van der Waals surface area (Å²) in [6.45, 7) is 6.78. The van der Waals surface area contributed by atoms with Crippen LogP contribution in [0, 0.1) is 0 Å². The van der Waals surface area contributed by atoms with E-state index >= 15 is 0 Å². The van der Waals surface area contributed by atoms with Crippen LogP contribution in [-0.4, -0.2) is 21.1 Å². The molecule has 0 spiro atoms. The lowest BCUT2D eigenvalue weighted by atomic mass is 9.97. The molecule has 0 bridgehead atoms. The Hall–Kier alpha value is -2.40. The van der Waals surface area contributed by atoms with E-state index in [9.17, 15) is 9.59 Å². The van der Waals surface area contributed by atoms with E-state index in [4.69, 9.17) is 0 Å². The fourth-order valence-corrected chi connectivity index (χ4v) is 3.94. The molecule has 0 aliphatic heterocycles. The lowest BCUT2D eigenvalue weighted by Gasteiger charge is -2.11. The summed E-state index contributed by atoms with van der Waals surface area (Å²) in [6.07, 6.45) is 1.07. The Bertz CT molecular complexity index is 1010. The average Bonchev–Trinajstić information content (AvgIpc) is 2.71. The number of nitrogens with zero attached hydrogens (tertiary/aromatic N) is 2. The van der Waals surface area contributed by atoms with Crippen molar-refractivity contribution in [3.8, 4) is 0 Å². The lowest BCUT2D eigenvalue weighted by molar-refractivity contribution is 0.102. The van der Waals surface area contributed by atoms with Crippen molar-refractivity contribution in [1.82, 2.24) is 9.55 Å². The molecular formula is C22H24N2O2S. The van der Waals surface area contributed by atoms with Gasteiger partial charge < -0.3 is 0 Å². The molecule has 140 valence electrons. The van der Waals surface area contributed by atoms with E-state index in [0.29, 0.717) is 34.1 Å². The summed E-state index contributed by atoms with van der Waals surface area (Å²) in [5.41, 5.74) is 2.55. The molecule has 1 heterocycles. The molecule has 0 aliphatic rings. The van der Waals surface area contributed by atoms with Gasteiger partial charge in [-0.2, -0.15) is 0 Å². The van der Waals surface area contributed by atoms with Gasteiger partial charge in [-0.1, -0.05) is 62.0 Å². The summed E-state index contributed by atoms with van der Waals surface area (Å²) in [5.74, 6) is 0.790. The van der Waals surface area contributed by atoms with Crippen LogP contribution in [0.25, 0.3) is 10.9 Å². The van der Waals surface area contributed by atoms with Gasteiger partial charge >= 0.3 is 0 Å². The monoisotopic (exact) mass is 380 g/mol. The van der Waals surface area contributed by atoms with E-state index in [-0.39, 0.29) is 17.1 Å². The molecule has 5 heteroatoms. The first-order valence-electron chi connectivity index (χ1n) is 9.30. The van der Waals surface area contributed by atoms with E-state index in [2.05, 4.69) is 18.8 Å². The molecule has 0 aliphatic carbocycles. The third-order valence-electron chi connectivity index (χ3n) is 4.89. The summed E-state index contributed by atoms with van der Waals surface area (Å²) in [6, 6.07) is 15.2. The number of Topliss-reactive ketones (excluding diaryl/α,β-unsaturated/α-hetero) is 1. The molecule has 3 aromatic rings. The Morgan fingerprint density at radius 1 is 1.11 bits per heavy atom.